The molecule has 2 nitrogen and oxygen atoms in total. The summed E-state index contributed by atoms with van der Waals surface area (Å²) >= 11 is 0. The zero-order chi connectivity index (χ0) is 15.2. The summed E-state index contributed by atoms with van der Waals surface area (Å²) in [4.78, 5) is 0. The molecule has 1 heterocycles. The van der Waals surface area contributed by atoms with Crippen LogP contribution in [0.5, 0.6) is 0 Å². The summed E-state index contributed by atoms with van der Waals surface area (Å²) in [5.74, 6) is 1.85. The Morgan fingerprint density at radius 3 is 2.50 bits per heavy atom. The minimum Gasteiger partial charge on any atom is -0.346 e. The van der Waals surface area contributed by atoms with Crippen molar-refractivity contribution in [2.75, 3.05) is 13.2 Å². The van der Waals surface area contributed by atoms with Crippen LogP contribution in [0.15, 0.2) is 24.3 Å². The fourth-order valence-corrected chi connectivity index (χ4v) is 4.25. The van der Waals surface area contributed by atoms with Gasteiger partial charge in [0.25, 0.3) is 0 Å². The van der Waals surface area contributed by atoms with Crippen molar-refractivity contribution in [3.8, 4) is 0 Å². The van der Waals surface area contributed by atoms with Crippen LogP contribution in [0.4, 0.5) is 0 Å². The van der Waals surface area contributed by atoms with Gasteiger partial charge in [-0.3, -0.25) is 0 Å². The SMILES string of the molecule is CCC(CCc1ccccc1C1OCCO1)C1CCCCC1. The second-order valence-corrected chi connectivity index (χ2v) is 6.88. The maximum Gasteiger partial charge on any atom is 0.184 e. The lowest BCUT2D eigenvalue weighted by Crippen LogP contribution is -2.18. The first-order chi connectivity index (χ1) is 10.9. The van der Waals surface area contributed by atoms with Crippen LogP contribution in [0.2, 0.25) is 0 Å². The second-order valence-electron chi connectivity index (χ2n) is 6.88. The molecular formula is C20H30O2. The molecule has 1 aliphatic heterocycles. The molecule has 0 amide bonds. The number of aryl methyl sites for hydroxylation is 1. The molecule has 1 atom stereocenters. The van der Waals surface area contributed by atoms with E-state index in [1.807, 2.05) is 0 Å². The van der Waals surface area contributed by atoms with Crippen molar-refractivity contribution in [3.05, 3.63) is 35.4 Å². The first kappa shape index (κ1) is 16.0. The number of benzene rings is 1. The fraction of sp³-hybridized carbons (Fsp3) is 0.700. The predicted molar refractivity (Wildman–Crippen MR) is 89.8 cm³/mol. The van der Waals surface area contributed by atoms with Crippen LogP contribution in [0.25, 0.3) is 0 Å². The van der Waals surface area contributed by atoms with Gasteiger partial charge in [-0.1, -0.05) is 69.7 Å². The van der Waals surface area contributed by atoms with Crippen LogP contribution in [-0.2, 0) is 15.9 Å². The summed E-state index contributed by atoms with van der Waals surface area (Å²) in [5.41, 5.74) is 2.67. The van der Waals surface area contributed by atoms with E-state index in [2.05, 4.69) is 31.2 Å². The summed E-state index contributed by atoms with van der Waals surface area (Å²) in [6.45, 7) is 3.81. The number of ether oxygens (including phenoxy) is 2. The Morgan fingerprint density at radius 1 is 1.05 bits per heavy atom. The van der Waals surface area contributed by atoms with E-state index in [0.717, 1.165) is 31.5 Å². The van der Waals surface area contributed by atoms with Crippen LogP contribution in [-0.4, -0.2) is 13.2 Å². The van der Waals surface area contributed by atoms with Crippen molar-refractivity contribution in [2.24, 2.45) is 11.8 Å². The maximum atomic E-state index is 5.71. The van der Waals surface area contributed by atoms with E-state index in [-0.39, 0.29) is 6.29 Å². The van der Waals surface area contributed by atoms with Gasteiger partial charge in [-0.25, -0.2) is 0 Å². The molecule has 2 heteroatoms. The maximum absolute atomic E-state index is 5.71. The molecule has 1 saturated carbocycles. The molecule has 1 aromatic rings. The van der Waals surface area contributed by atoms with Gasteiger partial charge in [0.2, 0.25) is 0 Å². The van der Waals surface area contributed by atoms with Crippen molar-refractivity contribution in [3.63, 3.8) is 0 Å². The number of hydrogen-bond acceptors (Lipinski definition) is 2. The van der Waals surface area contributed by atoms with Crippen molar-refractivity contribution in [2.45, 2.75) is 64.6 Å². The molecule has 2 aliphatic rings. The van der Waals surface area contributed by atoms with Gasteiger partial charge >= 0.3 is 0 Å². The molecule has 2 fully saturated rings. The van der Waals surface area contributed by atoms with Gasteiger partial charge in [0.1, 0.15) is 0 Å². The average Bonchev–Trinajstić information content (AvgIpc) is 3.11. The van der Waals surface area contributed by atoms with Crippen molar-refractivity contribution in [1.29, 1.82) is 0 Å². The Hall–Kier alpha value is -0.860. The smallest absolute Gasteiger partial charge is 0.184 e. The summed E-state index contributed by atoms with van der Waals surface area (Å²) in [6.07, 6.45) is 10.9. The van der Waals surface area contributed by atoms with E-state index in [4.69, 9.17) is 9.47 Å². The summed E-state index contributed by atoms with van der Waals surface area (Å²) in [5, 5.41) is 0. The Kier molecular flexibility index (Phi) is 5.91. The zero-order valence-corrected chi connectivity index (χ0v) is 13.9. The molecule has 1 aliphatic carbocycles. The Bertz CT molecular complexity index is 445. The average molecular weight is 302 g/mol. The Balaban J connectivity index is 1.62. The van der Waals surface area contributed by atoms with E-state index in [1.54, 1.807) is 0 Å². The van der Waals surface area contributed by atoms with Gasteiger partial charge in [0.15, 0.2) is 6.29 Å². The molecule has 0 N–H and O–H groups in total. The molecule has 0 aromatic heterocycles. The minimum absolute atomic E-state index is 0.133. The Morgan fingerprint density at radius 2 is 1.77 bits per heavy atom. The lowest BCUT2D eigenvalue weighted by molar-refractivity contribution is -0.0447. The molecule has 0 bridgehead atoms. The third-order valence-corrected chi connectivity index (χ3v) is 5.56. The fourth-order valence-electron chi connectivity index (χ4n) is 4.25. The highest BCUT2D eigenvalue weighted by atomic mass is 16.7. The Labute approximate surface area is 135 Å². The summed E-state index contributed by atoms with van der Waals surface area (Å²) in [6, 6.07) is 8.68. The van der Waals surface area contributed by atoms with E-state index < -0.39 is 0 Å². The largest absolute Gasteiger partial charge is 0.346 e. The van der Waals surface area contributed by atoms with E-state index in [9.17, 15) is 0 Å². The normalized spacial score (nSPS) is 22.0. The van der Waals surface area contributed by atoms with Crippen LogP contribution >= 0.6 is 0 Å². The van der Waals surface area contributed by atoms with Gasteiger partial charge < -0.3 is 9.47 Å². The van der Waals surface area contributed by atoms with E-state index in [1.165, 1.54) is 56.1 Å². The van der Waals surface area contributed by atoms with Crippen LogP contribution in [0.1, 0.15) is 69.3 Å². The standard InChI is InChI=1S/C20H30O2/c1-2-16(17-8-4-3-5-9-17)12-13-18-10-6-7-11-19(18)20-21-14-15-22-20/h6-7,10-11,16-17,20H,2-5,8-9,12-15H2,1H3. The second kappa shape index (κ2) is 8.12. The molecule has 0 spiro atoms. The number of hydrogen-bond donors (Lipinski definition) is 0. The summed E-state index contributed by atoms with van der Waals surface area (Å²) < 4.78 is 11.4. The zero-order valence-electron chi connectivity index (χ0n) is 13.9. The first-order valence-electron chi connectivity index (χ1n) is 9.19. The van der Waals surface area contributed by atoms with E-state index >= 15 is 0 Å². The highest BCUT2D eigenvalue weighted by Crippen LogP contribution is 2.35. The van der Waals surface area contributed by atoms with E-state index in [0.29, 0.717) is 0 Å². The van der Waals surface area contributed by atoms with Gasteiger partial charge in [0, 0.05) is 5.56 Å². The van der Waals surface area contributed by atoms with Crippen molar-refractivity contribution < 1.29 is 9.47 Å². The van der Waals surface area contributed by atoms with Crippen LogP contribution in [0.3, 0.4) is 0 Å². The third kappa shape index (κ3) is 3.91. The molecule has 0 radical (unpaired) electrons. The molecule has 1 aromatic carbocycles. The lowest BCUT2D eigenvalue weighted by Gasteiger charge is -2.30. The highest BCUT2D eigenvalue weighted by molar-refractivity contribution is 5.28. The van der Waals surface area contributed by atoms with Crippen molar-refractivity contribution in [1.82, 2.24) is 0 Å². The molecule has 22 heavy (non-hydrogen) atoms. The van der Waals surface area contributed by atoms with Gasteiger partial charge in [-0.15, -0.1) is 0 Å². The van der Waals surface area contributed by atoms with Crippen molar-refractivity contribution >= 4 is 0 Å². The van der Waals surface area contributed by atoms with Crippen LogP contribution in [0, 0.1) is 11.8 Å². The van der Waals surface area contributed by atoms with Gasteiger partial charge in [0.05, 0.1) is 13.2 Å². The van der Waals surface area contributed by atoms with Crippen LogP contribution < -0.4 is 0 Å². The molecule has 1 saturated heterocycles. The quantitative estimate of drug-likeness (QED) is 0.712. The molecule has 3 rings (SSSR count). The monoisotopic (exact) mass is 302 g/mol. The predicted octanol–water partition coefficient (Wildman–Crippen LogP) is 5.27. The van der Waals surface area contributed by atoms with Gasteiger partial charge in [-0.05, 0) is 30.2 Å². The minimum atomic E-state index is -0.133. The highest BCUT2D eigenvalue weighted by Gasteiger charge is 2.24. The van der Waals surface area contributed by atoms with Gasteiger partial charge in [-0.2, -0.15) is 0 Å². The summed E-state index contributed by atoms with van der Waals surface area (Å²) in [7, 11) is 0. The topological polar surface area (TPSA) is 18.5 Å². The molecule has 122 valence electrons. The number of rotatable bonds is 6. The lowest BCUT2D eigenvalue weighted by atomic mass is 9.76. The molecule has 1 unspecified atom stereocenters. The third-order valence-electron chi connectivity index (χ3n) is 5.56. The first-order valence-corrected chi connectivity index (χ1v) is 9.19. The molecular weight excluding hydrogens is 272 g/mol.